The molecule has 0 aromatic carbocycles. The molecule has 3 atom stereocenters. The Hall–Kier alpha value is -2.54. The summed E-state index contributed by atoms with van der Waals surface area (Å²) in [6.07, 6.45) is 2.21. The van der Waals surface area contributed by atoms with Crippen LogP contribution >= 0.6 is 12.6 Å². The molecule has 12 nitrogen and oxygen atoms in total. The second kappa shape index (κ2) is 12.8. The van der Waals surface area contributed by atoms with Crippen LogP contribution in [0, 0.1) is 0 Å². The number of nitrogens with zero attached hydrogens (tertiary/aromatic N) is 1. The molecule has 1 heterocycles. The van der Waals surface area contributed by atoms with Gasteiger partial charge >= 0.3 is 5.97 Å². The number of nitrogens with two attached hydrogens (primary N) is 2. The number of carboxylic acid groups (broad SMARTS) is 1. The molecular formula is C16H29N7O5S. The monoisotopic (exact) mass is 431 g/mol. The van der Waals surface area contributed by atoms with E-state index in [0.29, 0.717) is 12.8 Å². The van der Waals surface area contributed by atoms with Gasteiger partial charge in [-0.05, 0) is 32.2 Å². The molecule has 0 bridgehead atoms. The van der Waals surface area contributed by atoms with E-state index in [1.807, 2.05) is 0 Å². The van der Waals surface area contributed by atoms with Gasteiger partial charge in [-0.25, -0.2) is 0 Å². The summed E-state index contributed by atoms with van der Waals surface area (Å²) < 4.78 is 0. The molecule has 13 heteroatoms. The summed E-state index contributed by atoms with van der Waals surface area (Å²) >= 11 is 4.03. The zero-order valence-electron chi connectivity index (χ0n) is 16.0. The third kappa shape index (κ3) is 9.47. The van der Waals surface area contributed by atoms with E-state index >= 15 is 0 Å². The van der Waals surface area contributed by atoms with Gasteiger partial charge in [0.25, 0.3) is 0 Å². The Balaban J connectivity index is 2.72. The Morgan fingerprint density at radius 1 is 1.17 bits per heavy atom. The fourth-order valence-electron chi connectivity index (χ4n) is 2.71. The van der Waals surface area contributed by atoms with Crippen molar-refractivity contribution in [2.75, 3.05) is 25.4 Å². The number of guanidine groups is 1. The van der Waals surface area contributed by atoms with Crippen LogP contribution in [0.25, 0.3) is 0 Å². The van der Waals surface area contributed by atoms with Gasteiger partial charge in [0.05, 0.1) is 6.04 Å². The van der Waals surface area contributed by atoms with E-state index in [0.717, 1.165) is 13.0 Å². The fourth-order valence-corrected chi connectivity index (χ4v) is 2.96. The summed E-state index contributed by atoms with van der Waals surface area (Å²) in [5, 5.41) is 19.1. The maximum Gasteiger partial charge on any atom is 0.322 e. The van der Waals surface area contributed by atoms with Gasteiger partial charge in [0.15, 0.2) is 5.96 Å². The molecule has 0 saturated carbocycles. The maximum atomic E-state index is 12.7. The lowest BCUT2D eigenvalue weighted by atomic mass is 10.1. The molecule has 1 fully saturated rings. The molecule has 164 valence electrons. The van der Waals surface area contributed by atoms with E-state index in [4.69, 9.17) is 16.6 Å². The van der Waals surface area contributed by atoms with Gasteiger partial charge < -0.3 is 37.8 Å². The minimum absolute atomic E-state index is 0.0456. The number of hydrogen-bond donors (Lipinski definition) is 8. The van der Waals surface area contributed by atoms with E-state index in [2.05, 4.69) is 38.9 Å². The van der Waals surface area contributed by atoms with E-state index in [1.54, 1.807) is 0 Å². The average Bonchev–Trinajstić information content (AvgIpc) is 3.20. The fraction of sp³-hybridized carbons (Fsp3) is 0.688. The number of amides is 3. The number of aliphatic carboxylic acids is 1. The second-order valence-electron chi connectivity index (χ2n) is 6.51. The number of aliphatic imine (C=N–C) groups is 1. The summed E-state index contributed by atoms with van der Waals surface area (Å²) in [6.45, 7) is 0.425. The number of carbonyl (C=O) groups is 4. The molecule has 0 aromatic rings. The van der Waals surface area contributed by atoms with Gasteiger partial charge in [-0.15, -0.1) is 0 Å². The van der Waals surface area contributed by atoms with Crippen molar-refractivity contribution in [2.45, 2.75) is 43.8 Å². The molecule has 1 aliphatic rings. The van der Waals surface area contributed by atoms with E-state index < -0.39 is 36.4 Å². The molecule has 1 aliphatic heterocycles. The first kappa shape index (κ1) is 24.5. The minimum Gasteiger partial charge on any atom is -0.480 e. The highest BCUT2D eigenvalue weighted by atomic mass is 32.1. The molecule has 1 saturated heterocycles. The normalized spacial score (nSPS) is 17.6. The molecule has 3 amide bonds. The number of carboxylic acids is 1. The molecule has 1 rings (SSSR count). The van der Waals surface area contributed by atoms with Crippen molar-refractivity contribution in [3.05, 3.63) is 0 Å². The summed E-state index contributed by atoms with van der Waals surface area (Å²) in [5.41, 5.74) is 10.6. The Bertz CT molecular complexity index is 621. The van der Waals surface area contributed by atoms with Gasteiger partial charge in [-0.1, -0.05) is 0 Å². The van der Waals surface area contributed by atoms with E-state index in [9.17, 15) is 19.2 Å². The quantitative estimate of drug-likeness (QED) is 0.0686. The van der Waals surface area contributed by atoms with E-state index in [-0.39, 0.29) is 36.6 Å². The minimum atomic E-state index is -1.21. The van der Waals surface area contributed by atoms with Crippen molar-refractivity contribution in [3.8, 4) is 0 Å². The summed E-state index contributed by atoms with van der Waals surface area (Å²) in [4.78, 5) is 51.5. The van der Waals surface area contributed by atoms with Crippen LogP contribution in [0.15, 0.2) is 4.99 Å². The van der Waals surface area contributed by atoms with Crippen LogP contribution in [0.3, 0.4) is 0 Å². The highest BCUT2D eigenvalue weighted by Crippen LogP contribution is 2.07. The van der Waals surface area contributed by atoms with Crippen LogP contribution in [-0.2, 0) is 19.2 Å². The molecule has 29 heavy (non-hydrogen) atoms. The van der Waals surface area contributed by atoms with Crippen LogP contribution in [0.4, 0.5) is 0 Å². The smallest absolute Gasteiger partial charge is 0.322 e. The summed E-state index contributed by atoms with van der Waals surface area (Å²) in [5.74, 6) is -2.89. The van der Waals surface area contributed by atoms with Gasteiger partial charge in [0.1, 0.15) is 18.6 Å². The first-order valence-corrected chi connectivity index (χ1v) is 9.87. The molecule has 3 unspecified atom stereocenters. The Labute approximate surface area is 174 Å². The Morgan fingerprint density at radius 2 is 1.90 bits per heavy atom. The lowest BCUT2D eigenvalue weighted by Gasteiger charge is -2.23. The largest absolute Gasteiger partial charge is 0.480 e. The van der Waals surface area contributed by atoms with Gasteiger partial charge in [-0.3, -0.25) is 24.2 Å². The third-order valence-corrected chi connectivity index (χ3v) is 4.55. The van der Waals surface area contributed by atoms with Gasteiger partial charge in [0.2, 0.25) is 17.7 Å². The highest BCUT2D eigenvalue weighted by molar-refractivity contribution is 7.80. The number of carbonyl (C=O) groups excluding carboxylic acids is 3. The van der Waals surface area contributed by atoms with Gasteiger partial charge in [-0.2, -0.15) is 12.6 Å². The SMILES string of the molecule is NC(N)=NCCCC(NC(=O)C1CCCN1)C(=O)NC(CS)C(=O)NCC(=O)O. The Morgan fingerprint density at radius 3 is 2.45 bits per heavy atom. The second-order valence-corrected chi connectivity index (χ2v) is 6.88. The predicted octanol–water partition coefficient (Wildman–Crippen LogP) is -3.11. The molecule has 0 radical (unpaired) electrons. The first-order chi connectivity index (χ1) is 13.7. The molecular weight excluding hydrogens is 402 g/mol. The van der Waals surface area contributed by atoms with Crippen LogP contribution in [0.5, 0.6) is 0 Å². The standard InChI is InChI=1S/C16H29N7O5S/c17-16(18)20-6-2-4-10(22-14(27)9-3-1-5-19-9)15(28)23-11(8-29)13(26)21-7-12(24)25/h9-11,19,29H,1-8H2,(H,21,26)(H,22,27)(H,23,28)(H,24,25)(H4,17,18,20). The maximum absolute atomic E-state index is 12.7. The van der Waals surface area contributed by atoms with Crippen molar-refractivity contribution in [1.29, 1.82) is 0 Å². The zero-order valence-corrected chi connectivity index (χ0v) is 16.9. The number of nitrogens with one attached hydrogen (secondary N) is 4. The summed E-state index contributed by atoms with van der Waals surface area (Å²) in [6, 6.07) is -2.33. The van der Waals surface area contributed by atoms with Gasteiger partial charge in [0, 0.05) is 12.3 Å². The van der Waals surface area contributed by atoms with Crippen molar-refractivity contribution < 1.29 is 24.3 Å². The van der Waals surface area contributed by atoms with Crippen molar-refractivity contribution in [3.63, 3.8) is 0 Å². The predicted molar refractivity (Wildman–Crippen MR) is 109 cm³/mol. The first-order valence-electron chi connectivity index (χ1n) is 9.24. The number of hydrogen-bond acceptors (Lipinski definition) is 7. The van der Waals surface area contributed by atoms with Crippen molar-refractivity contribution in [1.82, 2.24) is 21.3 Å². The average molecular weight is 432 g/mol. The highest BCUT2D eigenvalue weighted by Gasteiger charge is 2.29. The zero-order chi connectivity index (χ0) is 21.8. The van der Waals surface area contributed by atoms with Crippen LogP contribution in [0.2, 0.25) is 0 Å². The summed E-state index contributed by atoms with van der Waals surface area (Å²) in [7, 11) is 0. The van der Waals surface area contributed by atoms with E-state index in [1.165, 1.54) is 0 Å². The molecule has 0 aromatic heterocycles. The van der Waals surface area contributed by atoms with Crippen LogP contribution in [-0.4, -0.2) is 78.3 Å². The topological polar surface area (TPSA) is 201 Å². The number of rotatable bonds is 12. The molecule has 9 N–H and O–H groups in total. The molecule has 0 aliphatic carbocycles. The lowest BCUT2D eigenvalue weighted by molar-refractivity contribution is -0.138. The lowest BCUT2D eigenvalue weighted by Crippen LogP contribution is -2.56. The number of thiol groups is 1. The third-order valence-electron chi connectivity index (χ3n) is 4.18. The van der Waals surface area contributed by atoms with Crippen molar-refractivity contribution in [2.24, 2.45) is 16.5 Å². The molecule has 0 spiro atoms. The van der Waals surface area contributed by atoms with Crippen molar-refractivity contribution >= 4 is 42.3 Å². The van der Waals surface area contributed by atoms with Crippen LogP contribution < -0.4 is 32.7 Å². The Kier molecular flexibility index (Phi) is 10.8. The van der Waals surface area contributed by atoms with Crippen LogP contribution in [0.1, 0.15) is 25.7 Å².